The highest BCUT2D eigenvalue weighted by Crippen LogP contribution is 2.46. The van der Waals surface area contributed by atoms with Crippen molar-refractivity contribution in [3.63, 3.8) is 0 Å². The Morgan fingerprint density at radius 2 is 2.00 bits per heavy atom. The first kappa shape index (κ1) is 15.4. The van der Waals surface area contributed by atoms with Gasteiger partial charge in [-0.1, -0.05) is 12.1 Å². The van der Waals surface area contributed by atoms with Crippen LogP contribution in [-0.4, -0.2) is 10.0 Å². The van der Waals surface area contributed by atoms with E-state index in [1.165, 1.54) is 12.1 Å². The predicted molar refractivity (Wildman–Crippen MR) is 85.2 cm³/mol. The molecule has 0 saturated heterocycles. The summed E-state index contributed by atoms with van der Waals surface area (Å²) in [6.45, 7) is 1.80. The Hall–Kier alpha value is -3.53. The molecule has 0 bridgehead atoms. The number of hydrogen-bond acceptors (Lipinski definition) is 6. The van der Waals surface area contributed by atoms with Crippen LogP contribution < -0.4 is 10.5 Å². The molecule has 0 fully saturated rings. The second kappa shape index (κ2) is 5.59. The van der Waals surface area contributed by atoms with Crippen molar-refractivity contribution in [2.45, 2.75) is 12.8 Å². The van der Waals surface area contributed by atoms with E-state index in [9.17, 15) is 20.5 Å². The van der Waals surface area contributed by atoms with Crippen LogP contribution in [0, 0.1) is 28.4 Å². The zero-order valence-electron chi connectivity index (χ0n) is 12.7. The molecule has 0 aromatic heterocycles. The van der Waals surface area contributed by atoms with Crippen LogP contribution in [-0.2, 0) is 0 Å². The normalized spacial score (nSPS) is 16.1. The Labute approximate surface area is 137 Å². The summed E-state index contributed by atoms with van der Waals surface area (Å²) in [7, 11) is 0. The van der Waals surface area contributed by atoms with Gasteiger partial charge >= 0.3 is 0 Å². The summed E-state index contributed by atoms with van der Waals surface area (Å²) in [5, 5.41) is 30.6. The fourth-order valence-corrected chi connectivity index (χ4v) is 2.82. The van der Waals surface area contributed by atoms with Gasteiger partial charge in [-0.05, 0) is 30.2 Å². The topological polar surface area (TPSA) is 122 Å². The van der Waals surface area contributed by atoms with Gasteiger partial charge in [0.05, 0.1) is 10.8 Å². The number of benzene rings is 2. The van der Waals surface area contributed by atoms with E-state index in [0.717, 1.165) is 5.56 Å². The Morgan fingerprint density at radius 3 is 2.58 bits per heavy atom. The quantitative estimate of drug-likeness (QED) is 0.647. The third-order valence-corrected chi connectivity index (χ3v) is 3.88. The summed E-state index contributed by atoms with van der Waals surface area (Å²) in [6.07, 6.45) is 0. The third-order valence-electron chi connectivity index (χ3n) is 3.88. The number of rotatable bonds is 2. The number of nitrogens with two attached hydrogens (primary N) is 1. The van der Waals surface area contributed by atoms with E-state index in [1.807, 2.05) is 6.07 Å². The van der Waals surface area contributed by atoms with Gasteiger partial charge in [-0.2, -0.15) is 5.26 Å². The molecule has 24 heavy (non-hydrogen) atoms. The summed E-state index contributed by atoms with van der Waals surface area (Å²) in [5.74, 6) is -0.348. The largest absolute Gasteiger partial charge is 0.507 e. The van der Waals surface area contributed by atoms with Gasteiger partial charge < -0.3 is 15.6 Å². The van der Waals surface area contributed by atoms with E-state index >= 15 is 0 Å². The monoisotopic (exact) mass is 323 g/mol. The first-order valence-electron chi connectivity index (χ1n) is 7.07. The average molecular weight is 323 g/mol. The maximum atomic E-state index is 10.8. The first-order chi connectivity index (χ1) is 11.4. The first-order valence-corrected chi connectivity index (χ1v) is 7.07. The smallest absolute Gasteiger partial charge is 0.269 e. The molecule has 0 saturated carbocycles. The van der Waals surface area contributed by atoms with Crippen molar-refractivity contribution < 1.29 is 14.8 Å². The fraction of sp³-hybridized carbons (Fsp3) is 0.118. The third kappa shape index (κ3) is 2.40. The van der Waals surface area contributed by atoms with Crippen LogP contribution in [0.1, 0.15) is 22.6 Å². The SMILES string of the molecule is Cc1cc(O)c2c(c1)OC(N)=C(C#N)C2c1ccc([N+](=O)[O-])cc1. The van der Waals surface area contributed by atoms with Gasteiger partial charge in [0.1, 0.15) is 23.1 Å². The predicted octanol–water partition coefficient (Wildman–Crippen LogP) is 2.83. The van der Waals surface area contributed by atoms with Crippen LogP contribution in [0.4, 0.5) is 5.69 Å². The standard InChI is InChI=1S/C17H13N3O4/c1-9-6-13(21)16-14(7-9)24-17(19)12(8-18)15(16)10-2-4-11(5-3-10)20(22)23/h2-7,15,21H,19H2,1H3. The average Bonchev–Trinajstić information content (AvgIpc) is 2.53. The lowest BCUT2D eigenvalue weighted by Crippen LogP contribution is -2.21. The Balaban J connectivity index is 2.21. The van der Waals surface area contributed by atoms with Crippen molar-refractivity contribution in [3.05, 3.63) is 74.7 Å². The number of nitrogens with zero attached hydrogens (tertiary/aromatic N) is 2. The van der Waals surface area contributed by atoms with Gasteiger partial charge in [0, 0.05) is 17.7 Å². The molecule has 0 amide bonds. The number of nitriles is 1. The lowest BCUT2D eigenvalue weighted by Gasteiger charge is -2.27. The van der Waals surface area contributed by atoms with Crippen molar-refractivity contribution in [2.24, 2.45) is 5.73 Å². The van der Waals surface area contributed by atoms with Gasteiger partial charge in [-0.15, -0.1) is 0 Å². The van der Waals surface area contributed by atoms with Gasteiger partial charge in [-0.3, -0.25) is 10.1 Å². The molecule has 1 unspecified atom stereocenters. The molecule has 3 N–H and O–H groups in total. The number of fused-ring (bicyclic) bond motifs is 1. The molecule has 0 spiro atoms. The van der Waals surface area contributed by atoms with Gasteiger partial charge in [-0.25, -0.2) is 0 Å². The fourth-order valence-electron chi connectivity index (χ4n) is 2.82. The second-order valence-corrected chi connectivity index (χ2v) is 5.47. The van der Waals surface area contributed by atoms with E-state index < -0.39 is 10.8 Å². The summed E-state index contributed by atoms with van der Waals surface area (Å²) < 4.78 is 5.48. The van der Waals surface area contributed by atoms with E-state index in [4.69, 9.17) is 10.5 Å². The van der Waals surface area contributed by atoms with E-state index in [1.54, 1.807) is 31.2 Å². The summed E-state index contributed by atoms with van der Waals surface area (Å²) >= 11 is 0. The van der Waals surface area contributed by atoms with Crippen LogP contribution in [0.2, 0.25) is 0 Å². The number of nitro groups is 1. The maximum Gasteiger partial charge on any atom is 0.269 e. The minimum atomic E-state index is -0.653. The molecule has 0 aliphatic carbocycles. The van der Waals surface area contributed by atoms with E-state index in [0.29, 0.717) is 16.9 Å². The Morgan fingerprint density at radius 1 is 1.33 bits per heavy atom. The molecule has 7 nitrogen and oxygen atoms in total. The number of hydrogen-bond donors (Lipinski definition) is 2. The van der Waals surface area contributed by atoms with Gasteiger partial charge in [0.25, 0.3) is 5.69 Å². The van der Waals surface area contributed by atoms with Crippen LogP contribution in [0.15, 0.2) is 47.9 Å². The summed E-state index contributed by atoms with van der Waals surface area (Å²) in [6, 6.07) is 11.1. The number of non-ortho nitro benzene ring substituents is 1. The molecule has 1 aliphatic heterocycles. The van der Waals surface area contributed by atoms with Gasteiger partial charge in [0.2, 0.25) is 5.88 Å². The molecule has 3 rings (SSSR count). The highest BCUT2D eigenvalue weighted by atomic mass is 16.6. The molecule has 1 atom stereocenters. The van der Waals surface area contributed by atoms with Crippen LogP contribution in [0.3, 0.4) is 0 Å². The van der Waals surface area contributed by atoms with Crippen molar-refractivity contribution in [2.75, 3.05) is 0 Å². The maximum absolute atomic E-state index is 10.8. The second-order valence-electron chi connectivity index (χ2n) is 5.47. The molecule has 120 valence electrons. The molecular weight excluding hydrogens is 310 g/mol. The minimum absolute atomic E-state index is 0.0198. The molecule has 0 radical (unpaired) electrons. The van der Waals surface area contributed by atoms with Crippen molar-refractivity contribution in [1.29, 1.82) is 5.26 Å². The molecule has 2 aromatic rings. The molecule has 2 aromatic carbocycles. The van der Waals surface area contributed by atoms with Crippen LogP contribution >= 0.6 is 0 Å². The van der Waals surface area contributed by atoms with Crippen LogP contribution in [0.5, 0.6) is 11.5 Å². The summed E-state index contributed by atoms with van der Waals surface area (Å²) in [5.41, 5.74) is 7.74. The highest BCUT2D eigenvalue weighted by molar-refractivity contribution is 5.61. The molecule has 7 heteroatoms. The Bertz CT molecular complexity index is 911. The lowest BCUT2D eigenvalue weighted by atomic mass is 9.82. The number of allylic oxidation sites excluding steroid dienone is 1. The van der Waals surface area contributed by atoms with Crippen molar-refractivity contribution in [3.8, 4) is 17.6 Å². The number of ether oxygens (including phenoxy) is 1. The number of phenolic OH excluding ortho intramolecular Hbond substituents is 1. The number of nitro benzene ring substituents is 1. The van der Waals surface area contributed by atoms with Crippen molar-refractivity contribution in [1.82, 2.24) is 0 Å². The Kier molecular flexibility index (Phi) is 3.58. The van der Waals surface area contributed by atoms with E-state index in [-0.39, 0.29) is 22.9 Å². The number of aryl methyl sites for hydroxylation is 1. The zero-order valence-corrected chi connectivity index (χ0v) is 12.7. The molecule has 1 heterocycles. The van der Waals surface area contributed by atoms with Crippen LogP contribution in [0.25, 0.3) is 0 Å². The zero-order chi connectivity index (χ0) is 17.4. The number of phenols is 1. The molecule has 1 aliphatic rings. The number of aromatic hydroxyl groups is 1. The molecular formula is C17H13N3O4. The minimum Gasteiger partial charge on any atom is -0.507 e. The van der Waals surface area contributed by atoms with E-state index in [2.05, 4.69) is 0 Å². The summed E-state index contributed by atoms with van der Waals surface area (Å²) in [4.78, 5) is 10.3. The highest BCUT2D eigenvalue weighted by Gasteiger charge is 2.33. The van der Waals surface area contributed by atoms with Gasteiger partial charge in [0.15, 0.2) is 0 Å². The lowest BCUT2D eigenvalue weighted by molar-refractivity contribution is -0.384. The van der Waals surface area contributed by atoms with Crippen molar-refractivity contribution >= 4 is 5.69 Å².